The van der Waals surface area contributed by atoms with Gasteiger partial charge >= 0.3 is 0 Å². The number of ether oxygens (including phenoxy) is 1. The molecule has 0 atom stereocenters. The maximum Gasteiger partial charge on any atom is 0.253 e. The lowest BCUT2D eigenvalue weighted by atomic mass is 9.96. The molecule has 0 bridgehead atoms. The Hall–Kier alpha value is -2.07. The summed E-state index contributed by atoms with van der Waals surface area (Å²) in [6, 6.07) is 9.90. The van der Waals surface area contributed by atoms with E-state index in [2.05, 4.69) is 4.90 Å². The molecule has 0 aliphatic carbocycles. The third-order valence-corrected chi connectivity index (χ3v) is 3.45. The van der Waals surface area contributed by atoms with Gasteiger partial charge in [0, 0.05) is 31.6 Å². The third kappa shape index (κ3) is 3.00. The van der Waals surface area contributed by atoms with Gasteiger partial charge in [-0.05, 0) is 31.1 Å². The second kappa shape index (κ2) is 6.14. The molecule has 0 saturated carbocycles. The minimum absolute atomic E-state index is 0.00379. The maximum absolute atomic E-state index is 12.5. The minimum atomic E-state index is -0.00379. The molecule has 2 aromatic carbocycles. The summed E-state index contributed by atoms with van der Waals surface area (Å²) in [4.78, 5) is 16.2. The smallest absolute Gasteiger partial charge is 0.253 e. The number of rotatable bonds is 4. The molecule has 0 radical (unpaired) electrons. The molecule has 0 aromatic heterocycles. The van der Waals surface area contributed by atoms with Crippen molar-refractivity contribution in [3.8, 4) is 5.75 Å². The number of hydrogen-bond donors (Lipinski definition) is 0. The van der Waals surface area contributed by atoms with Crippen LogP contribution >= 0.6 is 0 Å². The van der Waals surface area contributed by atoms with E-state index >= 15 is 0 Å². The zero-order valence-electron chi connectivity index (χ0n) is 13.3. The lowest BCUT2D eigenvalue weighted by Gasteiger charge is -2.20. The summed E-state index contributed by atoms with van der Waals surface area (Å²) in [5.41, 5.74) is 1.74. The highest BCUT2D eigenvalue weighted by Gasteiger charge is 2.19. The number of amides is 1. The van der Waals surface area contributed by atoms with Gasteiger partial charge in [0.15, 0.2) is 0 Å². The number of fused-ring (bicyclic) bond motifs is 1. The topological polar surface area (TPSA) is 32.8 Å². The maximum atomic E-state index is 12.5. The van der Waals surface area contributed by atoms with Gasteiger partial charge in [0.2, 0.25) is 0 Å². The van der Waals surface area contributed by atoms with Crippen molar-refractivity contribution in [3.05, 3.63) is 41.5 Å². The second-order valence-corrected chi connectivity index (χ2v) is 5.59. The average Bonchev–Trinajstić information content (AvgIpc) is 2.46. The summed E-state index contributed by atoms with van der Waals surface area (Å²) in [5, 5.41) is 2.10. The van der Waals surface area contributed by atoms with Gasteiger partial charge in [-0.3, -0.25) is 4.79 Å². The number of carbonyl (C=O) groups excluding carboxylic acids is 1. The van der Waals surface area contributed by atoms with Crippen molar-refractivity contribution in [2.24, 2.45) is 0 Å². The molecule has 0 spiro atoms. The third-order valence-electron chi connectivity index (χ3n) is 3.45. The Morgan fingerprint density at radius 1 is 1.10 bits per heavy atom. The Kier molecular flexibility index (Phi) is 4.48. The number of nitrogens with zero attached hydrogens (tertiary/aromatic N) is 2. The first-order valence-electron chi connectivity index (χ1n) is 6.90. The molecule has 0 heterocycles. The van der Waals surface area contributed by atoms with Gasteiger partial charge in [0.1, 0.15) is 5.75 Å². The Labute approximate surface area is 125 Å². The molecule has 0 N–H and O–H groups in total. The molecule has 0 unspecified atom stereocenters. The van der Waals surface area contributed by atoms with E-state index in [0.717, 1.165) is 22.1 Å². The lowest BCUT2D eigenvalue weighted by Crippen LogP contribution is -2.24. The van der Waals surface area contributed by atoms with E-state index in [1.807, 2.05) is 44.4 Å². The summed E-state index contributed by atoms with van der Waals surface area (Å²) in [5.74, 6) is 0.731. The molecule has 1 amide bonds. The van der Waals surface area contributed by atoms with Gasteiger partial charge in [-0.1, -0.05) is 24.3 Å². The van der Waals surface area contributed by atoms with Crippen LogP contribution in [0.4, 0.5) is 0 Å². The molecule has 0 saturated heterocycles. The molecule has 112 valence electrons. The van der Waals surface area contributed by atoms with Crippen molar-refractivity contribution in [1.29, 1.82) is 0 Å². The van der Waals surface area contributed by atoms with Crippen molar-refractivity contribution in [3.63, 3.8) is 0 Å². The summed E-state index contributed by atoms with van der Waals surface area (Å²) in [7, 11) is 9.18. The first-order chi connectivity index (χ1) is 9.95. The largest absolute Gasteiger partial charge is 0.496 e. The normalized spacial score (nSPS) is 11.0. The Morgan fingerprint density at radius 2 is 1.71 bits per heavy atom. The monoisotopic (exact) mass is 286 g/mol. The van der Waals surface area contributed by atoms with Crippen molar-refractivity contribution in [2.45, 2.75) is 6.54 Å². The van der Waals surface area contributed by atoms with E-state index in [0.29, 0.717) is 12.1 Å². The van der Waals surface area contributed by atoms with E-state index < -0.39 is 0 Å². The Balaban J connectivity index is 2.78. The van der Waals surface area contributed by atoms with Gasteiger partial charge in [-0.2, -0.15) is 0 Å². The predicted octanol–water partition coefficient (Wildman–Crippen LogP) is 2.61. The fourth-order valence-corrected chi connectivity index (χ4v) is 2.49. The second-order valence-electron chi connectivity index (χ2n) is 5.59. The van der Waals surface area contributed by atoms with Gasteiger partial charge in [-0.25, -0.2) is 0 Å². The fourth-order valence-electron chi connectivity index (χ4n) is 2.49. The van der Waals surface area contributed by atoms with E-state index in [9.17, 15) is 4.79 Å². The molecule has 0 aliphatic heterocycles. The van der Waals surface area contributed by atoms with E-state index in [1.54, 1.807) is 26.1 Å². The Bertz CT molecular complexity index is 663. The highest BCUT2D eigenvalue weighted by molar-refractivity contribution is 6.03. The summed E-state index contributed by atoms with van der Waals surface area (Å²) in [6.07, 6.45) is 0. The summed E-state index contributed by atoms with van der Waals surface area (Å²) in [6.45, 7) is 0.708. The van der Waals surface area contributed by atoms with Crippen LogP contribution in [-0.2, 0) is 6.54 Å². The summed E-state index contributed by atoms with van der Waals surface area (Å²) < 4.78 is 5.47. The van der Waals surface area contributed by atoms with Crippen molar-refractivity contribution >= 4 is 16.7 Å². The number of methoxy groups -OCH3 is 1. The van der Waals surface area contributed by atoms with Crippen LogP contribution in [0.25, 0.3) is 10.8 Å². The molecular weight excluding hydrogens is 264 g/mol. The molecule has 4 nitrogen and oxygen atoms in total. The minimum Gasteiger partial charge on any atom is -0.496 e. The van der Waals surface area contributed by atoms with Crippen LogP contribution in [0, 0.1) is 0 Å². The quantitative estimate of drug-likeness (QED) is 0.866. The summed E-state index contributed by atoms with van der Waals surface area (Å²) >= 11 is 0. The predicted molar refractivity (Wildman–Crippen MR) is 85.9 cm³/mol. The zero-order valence-corrected chi connectivity index (χ0v) is 13.3. The van der Waals surface area contributed by atoms with Crippen molar-refractivity contribution in [1.82, 2.24) is 9.80 Å². The standard InChI is InChI=1S/C17H22N2O2/c1-18(2)11-15-12-8-6-7-9-13(12)16(21-5)10-14(15)17(20)19(3)4/h6-10H,11H2,1-5H3. The van der Waals surface area contributed by atoms with Gasteiger partial charge in [0.05, 0.1) is 7.11 Å². The lowest BCUT2D eigenvalue weighted by molar-refractivity contribution is 0.0825. The van der Waals surface area contributed by atoms with Crippen LogP contribution < -0.4 is 4.74 Å². The van der Waals surface area contributed by atoms with Gasteiger partial charge in [-0.15, -0.1) is 0 Å². The van der Waals surface area contributed by atoms with E-state index in [-0.39, 0.29) is 5.91 Å². The first-order valence-corrected chi connectivity index (χ1v) is 6.90. The van der Waals surface area contributed by atoms with Crippen LogP contribution in [0.3, 0.4) is 0 Å². The zero-order chi connectivity index (χ0) is 15.6. The van der Waals surface area contributed by atoms with Gasteiger partial charge < -0.3 is 14.5 Å². The van der Waals surface area contributed by atoms with Crippen molar-refractivity contribution < 1.29 is 9.53 Å². The average molecular weight is 286 g/mol. The van der Waals surface area contributed by atoms with E-state index in [4.69, 9.17) is 4.74 Å². The highest BCUT2D eigenvalue weighted by Crippen LogP contribution is 2.32. The fraction of sp³-hybridized carbons (Fsp3) is 0.353. The van der Waals surface area contributed by atoms with Crippen LogP contribution in [0.1, 0.15) is 15.9 Å². The van der Waals surface area contributed by atoms with Crippen LogP contribution in [-0.4, -0.2) is 51.0 Å². The molecule has 2 aromatic rings. The van der Waals surface area contributed by atoms with Crippen molar-refractivity contribution in [2.75, 3.05) is 35.3 Å². The Morgan fingerprint density at radius 3 is 2.24 bits per heavy atom. The first kappa shape index (κ1) is 15.3. The van der Waals surface area contributed by atoms with E-state index in [1.165, 1.54) is 0 Å². The van der Waals surface area contributed by atoms with Crippen LogP contribution in [0.15, 0.2) is 30.3 Å². The van der Waals surface area contributed by atoms with Crippen LogP contribution in [0.2, 0.25) is 0 Å². The number of hydrogen-bond acceptors (Lipinski definition) is 3. The highest BCUT2D eigenvalue weighted by atomic mass is 16.5. The molecule has 2 rings (SSSR count). The molecule has 0 aliphatic rings. The molecular formula is C17H22N2O2. The molecule has 4 heteroatoms. The van der Waals surface area contributed by atoms with Gasteiger partial charge in [0.25, 0.3) is 5.91 Å². The SMILES string of the molecule is COc1cc(C(=O)N(C)C)c(CN(C)C)c2ccccc12. The van der Waals surface area contributed by atoms with Crippen LogP contribution in [0.5, 0.6) is 5.75 Å². The number of carbonyl (C=O) groups is 1. The molecule has 21 heavy (non-hydrogen) atoms. The molecule has 0 fully saturated rings. The number of benzene rings is 2.